The lowest BCUT2D eigenvalue weighted by Crippen LogP contribution is -2.27. The Hall–Kier alpha value is -1.60. The van der Waals surface area contributed by atoms with Crippen LogP contribution in [-0.2, 0) is 25.5 Å². The zero-order valence-electron chi connectivity index (χ0n) is 12.7. The van der Waals surface area contributed by atoms with E-state index in [1.807, 2.05) is 6.07 Å². The summed E-state index contributed by atoms with van der Waals surface area (Å²) in [6, 6.07) is 7.06. The number of nitrogens with one attached hydrogen (secondary N) is 1. The molecule has 118 valence electrons. The molecule has 0 aromatic heterocycles. The van der Waals surface area contributed by atoms with Crippen LogP contribution in [0.3, 0.4) is 0 Å². The molecule has 0 aliphatic carbocycles. The van der Waals surface area contributed by atoms with Crippen LogP contribution in [0.4, 0.5) is 10.5 Å². The van der Waals surface area contributed by atoms with Gasteiger partial charge in [0.15, 0.2) is 0 Å². The molecule has 0 spiro atoms. The minimum Gasteiger partial charge on any atom is -0.444 e. The third-order valence-electron chi connectivity index (χ3n) is 2.26. The third-order valence-corrected chi connectivity index (χ3v) is 2.86. The summed E-state index contributed by atoms with van der Waals surface area (Å²) < 4.78 is 31.6. The Morgan fingerprint density at radius 3 is 2.52 bits per heavy atom. The van der Waals surface area contributed by atoms with Crippen LogP contribution in [0.1, 0.15) is 26.3 Å². The second-order valence-electron chi connectivity index (χ2n) is 5.60. The number of carbonyl (C=O) groups excluding carboxylic acids is 1. The van der Waals surface area contributed by atoms with Gasteiger partial charge < -0.3 is 4.74 Å². The Kier molecular flexibility index (Phi) is 5.74. The second kappa shape index (κ2) is 6.91. The largest absolute Gasteiger partial charge is 0.444 e. The molecule has 0 radical (unpaired) electrons. The van der Waals surface area contributed by atoms with Crippen molar-refractivity contribution >= 4 is 21.9 Å². The van der Waals surface area contributed by atoms with Crippen molar-refractivity contribution in [2.45, 2.75) is 32.8 Å². The van der Waals surface area contributed by atoms with Crippen LogP contribution < -0.4 is 5.32 Å². The van der Waals surface area contributed by atoms with E-state index in [9.17, 15) is 13.2 Å². The molecule has 0 atom stereocenters. The monoisotopic (exact) mass is 315 g/mol. The third kappa shape index (κ3) is 8.31. The number of anilines is 1. The lowest BCUT2D eigenvalue weighted by Gasteiger charge is -2.19. The van der Waals surface area contributed by atoms with Crippen molar-refractivity contribution in [2.75, 3.05) is 18.2 Å². The molecule has 1 N–H and O–H groups in total. The molecule has 0 unspecified atom stereocenters. The molecule has 1 rings (SSSR count). The molecule has 0 heterocycles. The van der Waals surface area contributed by atoms with Gasteiger partial charge in [0, 0.05) is 5.69 Å². The summed E-state index contributed by atoms with van der Waals surface area (Å²) >= 11 is 0. The maximum Gasteiger partial charge on any atom is 0.412 e. The van der Waals surface area contributed by atoms with Crippen molar-refractivity contribution in [3.05, 3.63) is 29.8 Å². The Bertz CT molecular complexity index is 590. The van der Waals surface area contributed by atoms with Crippen molar-refractivity contribution in [1.82, 2.24) is 0 Å². The molecule has 0 saturated heterocycles. The Labute approximate surface area is 125 Å². The van der Waals surface area contributed by atoms with Gasteiger partial charge in [0.05, 0.1) is 12.9 Å². The molecule has 21 heavy (non-hydrogen) atoms. The predicted octanol–water partition coefficient (Wildman–Crippen LogP) is 2.55. The van der Waals surface area contributed by atoms with Crippen LogP contribution in [0.5, 0.6) is 0 Å². The Morgan fingerprint density at radius 2 is 1.95 bits per heavy atom. The summed E-state index contributed by atoms with van der Waals surface area (Å²) in [6.45, 7) is 5.41. The highest BCUT2D eigenvalue weighted by Gasteiger charge is 2.16. The first-order valence-corrected chi connectivity index (χ1v) is 8.30. The fraction of sp³-hybridized carbons (Fsp3) is 0.500. The van der Waals surface area contributed by atoms with Gasteiger partial charge in [-0.3, -0.25) is 9.50 Å². The molecule has 1 aromatic carbocycles. The topological polar surface area (TPSA) is 81.7 Å². The molecular formula is C14H21NO5S. The highest BCUT2D eigenvalue weighted by atomic mass is 32.2. The fourth-order valence-corrected chi connectivity index (χ4v) is 1.92. The van der Waals surface area contributed by atoms with Gasteiger partial charge in [-0.25, -0.2) is 4.79 Å². The average molecular weight is 315 g/mol. The lowest BCUT2D eigenvalue weighted by atomic mass is 10.1. The smallest absolute Gasteiger partial charge is 0.412 e. The number of hydrogen-bond donors (Lipinski definition) is 1. The van der Waals surface area contributed by atoms with E-state index >= 15 is 0 Å². The number of rotatable bonds is 5. The summed E-state index contributed by atoms with van der Waals surface area (Å²) in [4.78, 5) is 11.6. The van der Waals surface area contributed by atoms with Gasteiger partial charge in [-0.05, 0) is 44.9 Å². The van der Waals surface area contributed by atoms with Gasteiger partial charge in [0.25, 0.3) is 10.1 Å². The van der Waals surface area contributed by atoms with E-state index in [-0.39, 0.29) is 6.61 Å². The molecule has 1 aromatic rings. The molecule has 0 saturated carbocycles. The molecule has 6 nitrogen and oxygen atoms in total. The zero-order valence-corrected chi connectivity index (χ0v) is 13.5. The first-order chi connectivity index (χ1) is 9.55. The maximum absolute atomic E-state index is 11.6. The maximum atomic E-state index is 11.6. The summed E-state index contributed by atoms with van der Waals surface area (Å²) in [5.74, 6) is 0. The molecule has 0 bridgehead atoms. The van der Waals surface area contributed by atoms with E-state index in [2.05, 4.69) is 9.50 Å². The zero-order chi connectivity index (χ0) is 16.1. The highest BCUT2D eigenvalue weighted by Crippen LogP contribution is 2.14. The van der Waals surface area contributed by atoms with Crippen LogP contribution in [0.25, 0.3) is 0 Å². The van der Waals surface area contributed by atoms with Crippen LogP contribution in [0.15, 0.2) is 24.3 Å². The Morgan fingerprint density at radius 1 is 1.29 bits per heavy atom. The highest BCUT2D eigenvalue weighted by molar-refractivity contribution is 7.85. The minimum atomic E-state index is -3.43. The van der Waals surface area contributed by atoms with Gasteiger partial charge in [-0.1, -0.05) is 12.1 Å². The summed E-state index contributed by atoms with van der Waals surface area (Å²) in [7, 11) is -3.43. The van der Waals surface area contributed by atoms with Gasteiger partial charge in [-0.15, -0.1) is 0 Å². The fourth-order valence-electron chi connectivity index (χ4n) is 1.54. The van der Waals surface area contributed by atoms with Crippen molar-refractivity contribution in [1.29, 1.82) is 0 Å². The SMILES string of the molecule is CC(C)(C)OC(=O)Nc1cccc(CCOS(C)(=O)=O)c1. The molecule has 0 aliphatic rings. The van der Waals surface area contributed by atoms with E-state index < -0.39 is 21.8 Å². The summed E-state index contributed by atoms with van der Waals surface area (Å²) in [5.41, 5.74) is 0.874. The predicted molar refractivity (Wildman–Crippen MR) is 80.8 cm³/mol. The van der Waals surface area contributed by atoms with E-state index in [0.29, 0.717) is 12.1 Å². The minimum absolute atomic E-state index is 0.0642. The number of hydrogen-bond acceptors (Lipinski definition) is 5. The van der Waals surface area contributed by atoms with E-state index in [4.69, 9.17) is 4.74 Å². The van der Waals surface area contributed by atoms with Crippen LogP contribution in [0, 0.1) is 0 Å². The van der Waals surface area contributed by atoms with Crippen molar-refractivity contribution in [3.8, 4) is 0 Å². The average Bonchev–Trinajstić information content (AvgIpc) is 2.24. The van der Waals surface area contributed by atoms with E-state index in [0.717, 1.165) is 11.8 Å². The normalized spacial score (nSPS) is 12.0. The molecule has 0 aliphatic heterocycles. The van der Waals surface area contributed by atoms with Crippen molar-refractivity contribution in [2.24, 2.45) is 0 Å². The molecule has 0 fully saturated rings. The Balaban J connectivity index is 2.58. The summed E-state index contributed by atoms with van der Waals surface area (Å²) in [5, 5.41) is 2.63. The van der Waals surface area contributed by atoms with Gasteiger partial charge in [0.1, 0.15) is 5.60 Å². The van der Waals surface area contributed by atoms with E-state index in [1.54, 1.807) is 39.0 Å². The van der Waals surface area contributed by atoms with Crippen LogP contribution >= 0.6 is 0 Å². The van der Waals surface area contributed by atoms with Crippen molar-refractivity contribution < 1.29 is 22.1 Å². The number of carbonyl (C=O) groups is 1. The first kappa shape index (κ1) is 17.5. The van der Waals surface area contributed by atoms with Crippen LogP contribution in [-0.4, -0.2) is 33.0 Å². The number of benzene rings is 1. The standard InChI is InChI=1S/C14H21NO5S/c1-14(2,3)20-13(16)15-12-7-5-6-11(10-12)8-9-19-21(4,17)18/h5-7,10H,8-9H2,1-4H3,(H,15,16). The molecule has 7 heteroatoms. The van der Waals surface area contributed by atoms with Gasteiger partial charge in [0.2, 0.25) is 0 Å². The molecular weight excluding hydrogens is 294 g/mol. The first-order valence-electron chi connectivity index (χ1n) is 6.48. The van der Waals surface area contributed by atoms with Crippen LogP contribution in [0.2, 0.25) is 0 Å². The lowest BCUT2D eigenvalue weighted by molar-refractivity contribution is 0.0636. The second-order valence-corrected chi connectivity index (χ2v) is 7.25. The van der Waals surface area contributed by atoms with Gasteiger partial charge >= 0.3 is 6.09 Å². The molecule has 1 amide bonds. The summed E-state index contributed by atoms with van der Waals surface area (Å²) in [6.07, 6.45) is 0.900. The quantitative estimate of drug-likeness (QED) is 0.844. The number of amides is 1. The van der Waals surface area contributed by atoms with Gasteiger partial charge in [-0.2, -0.15) is 8.42 Å². The van der Waals surface area contributed by atoms with E-state index in [1.165, 1.54) is 0 Å². The number of ether oxygens (including phenoxy) is 1. The van der Waals surface area contributed by atoms with Crippen molar-refractivity contribution in [3.63, 3.8) is 0 Å².